The van der Waals surface area contributed by atoms with Gasteiger partial charge in [0.25, 0.3) is 11.8 Å². The molecule has 10 nitrogen and oxygen atoms in total. The maximum absolute atomic E-state index is 13.1. The van der Waals surface area contributed by atoms with E-state index in [1.165, 1.54) is 0 Å². The highest BCUT2D eigenvalue weighted by Crippen LogP contribution is 2.34. The molecule has 0 spiro atoms. The Balaban J connectivity index is 1.21. The molecule has 0 saturated carbocycles. The molecule has 2 aliphatic rings. The summed E-state index contributed by atoms with van der Waals surface area (Å²) in [6, 6.07) is 10.9. The Morgan fingerprint density at radius 1 is 0.944 bits per heavy atom. The Morgan fingerprint density at radius 2 is 1.69 bits per heavy atom. The van der Waals surface area contributed by atoms with Gasteiger partial charge in [-0.15, -0.1) is 10.2 Å². The molecule has 1 fully saturated rings. The van der Waals surface area contributed by atoms with Crippen molar-refractivity contribution in [3.05, 3.63) is 57.5 Å². The van der Waals surface area contributed by atoms with Crippen LogP contribution in [0, 0.1) is 19.8 Å². The van der Waals surface area contributed by atoms with E-state index in [1.807, 2.05) is 32.0 Å². The van der Waals surface area contributed by atoms with Crippen molar-refractivity contribution in [2.24, 2.45) is 5.92 Å². The number of amides is 3. The van der Waals surface area contributed by atoms with Gasteiger partial charge in [0.05, 0.1) is 5.92 Å². The molecule has 2 aliphatic heterocycles. The fourth-order valence-corrected chi connectivity index (χ4v) is 5.07. The van der Waals surface area contributed by atoms with Crippen LogP contribution in [0.1, 0.15) is 43.6 Å². The summed E-state index contributed by atoms with van der Waals surface area (Å²) in [5, 5.41) is 13.7. The van der Waals surface area contributed by atoms with Crippen molar-refractivity contribution in [3.8, 4) is 11.5 Å². The molecule has 36 heavy (non-hydrogen) atoms. The Labute approximate surface area is 211 Å². The molecule has 0 bridgehead atoms. The van der Waals surface area contributed by atoms with Gasteiger partial charge in [0.15, 0.2) is 11.5 Å². The van der Waals surface area contributed by atoms with E-state index in [4.69, 9.17) is 9.47 Å². The highest BCUT2D eigenvalue weighted by molar-refractivity contribution is 7.15. The molecule has 1 atom stereocenters. The van der Waals surface area contributed by atoms with Crippen molar-refractivity contribution in [1.82, 2.24) is 15.1 Å². The SMILES string of the molecule is Cc1cc(C)cc(NC(=O)C2CCCN(C(=O)c3nnc(C(=O)Nc4ccc5c(c4)OCO5)s3)C2)c1. The lowest BCUT2D eigenvalue weighted by molar-refractivity contribution is -0.121. The third kappa shape index (κ3) is 5.15. The molecule has 11 heteroatoms. The van der Waals surface area contributed by atoms with Gasteiger partial charge in [0, 0.05) is 30.5 Å². The second-order valence-corrected chi connectivity index (χ2v) is 9.87. The lowest BCUT2D eigenvalue weighted by atomic mass is 9.97. The van der Waals surface area contributed by atoms with Crippen LogP contribution in [0.2, 0.25) is 0 Å². The van der Waals surface area contributed by atoms with Crippen molar-refractivity contribution < 1.29 is 23.9 Å². The second-order valence-electron chi connectivity index (χ2n) is 8.89. The number of carbonyl (C=O) groups excluding carboxylic acids is 3. The first kappa shape index (κ1) is 23.7. The standard InChI is InChI=1S/C25H25N5O5S/c1-14-8-15(2)10-18(9-14)27-21(31)16-4-3-7-30(12-16)25(33)24-29-28-23(36-24)22(32)26-17-5-6-19-20(11-17)35-13-34-19/h5-6,8-11,16H,3-4,7,12-13H2,1-2H3,(H,26,32)(H,27,31). The first-order valence-electron chi connectivity index (χ1n) is 11.6. The molecular formula is C25H25N5O5S. The number of fused-ring (bicyclic) bond motifs is 1. The Hall–Kier alpha value is -3.99. The Kier molecular flexibility index (Phi) is 6.55. The fraction of sp³-hybridized carbons (Fsp3) is 0.320. The van der Waals surface area contributed by atoms with E-state index in [0.29, 0.717) is 36.6 Å². The van der Waals surface area contributed by atoms with E-state index < -0.39 is 5.91 Å². The smallest absolute Gasteiger partial charge is 0.286 e. The molecular weight excluding hydrogens is 482 g/mol. The minimum absolute atomic E-state index is 0.0668. The van der Waals surface area contributed by atoms with Crippen molar-refractivity contribution >= 4 is 40.4 Å². The quantitative estimate of drug-likeness (QED) is 0.541. The van der Waals surface area contributed by atoms with Crippen LogP contribution in [-0.2, 0) is 4.79 Å². The van der Waals surface area contributed by atoms with Crippen molar-refractivity contribution in [1.29, 1.82) is 0 Å². The molecule has 1 aromatic heterocycles. The van der Waals surface area contributed by atoms with E-state index in [9.17, 15) is 14.4 Å². The van der Waals surface area contributed by atoms with Crippen LogP contribution in [-0.4, -0.2) is 52.7 Å². The molecule has 2 aromatic carbocycles. The summed E-state index contributed by atoms with van der Waals surface area (Å²) in [4.78, 5) is 40.2. The van der Waals surface area contributed by atoms with Gasteiger partial charge in [-0.05, 0) is 62.1 Å². The van der Waals surface area contributed by atoms with Gasteiger partial charge in [0.1, 0.15) is 0 Å². The predicted molar refractivity (Wildman–Crippen MR) is 134 cm³/mol. The van der Waals surface area contributed by atoms with E-state index in [1.54, 1.807) is 23.1 Å². The number of benzene rings is 2. The van der Waals surface area contributed by atoms with Crippen LogP contribution < -0.4 is 20.1 Å². The lowest BCUT2D eigenvalue weighted by Crippen LogP contribution is -2.43. The zero-order chi connectivity index (χ0) is 25.2. The topological polar surface area (TPSA) is 123 Å². The normalized spacial score (nSPS) is 16.5. The summed E-state index contributed by atoms with van der Waals surface area (Å²) in [6.07, 6.45) is 1.40. The number of nitrogens with one attached hydrogen (secondary N) is 2. The van der Waals surface area contributed by atoms with E-state index in [0.717, 1.165) is 28.2 Å². The van der Waals surface area contributed by atoms with Crippen LogP contribution in [0.25, 0.3) is 0 Å². The summed E-state index contributed by atoms with van der Waals surface area (Å²) in [6.45, 7) is 4.90. The van der Waals surface area contributed by atoms with E-state index >= 15 is 0 Å². The fourth-order valence-electron chi connectivity index (χ4n) is 4.36. The maximum atomic E-state index is 13.1. The molecule has 5 rings (SSSR count). The highest BCUT2D eigenvalue weighted by Gasteiger charge is 2.31. The van der Waals surface area contributed by atoms with Crippen LogP contribution >= 0.6 is 11.3 Å². The summed E-state index contributed by atoms with van der Waals surface area (Å²) in [5.41, 5.74) is 3.41. The number of rotatable bonds is 5. The number of likely N-dealkylation sites (tertiary alicyclic amines) is 1. The Bertz CT molecular complexity index is 1320. The van der Waals surface area contributed by atoms with E-state index in [2.05, 4.69) is 20.8 Å². The van der Waals surface area contributed by atoms with Gasteiger partial charge in [-0.1, -0.05) is 17.4 Å². The third-order valence-corrected chi connectivity index (χ3v) is 6.91. The molecule has 3 aromatic rings. The molecule has 0 aliphatic carbocycles. The number of anilines is 2. The molecule has 186 valence electrons. The first-order valence-corrected chi connectivity index (χ1v) is 12.4. The van der Waals surface area contributed by atoms with Gasteiger partial charge in [-0.25, -0.2) is 0 Å². The summed E-state index contributed by atoms with van der Waals surface area (Å²) >= 11 is 0.921. The molecule has 1 unspecified atom stereocenters. The van der Waals surface area contributed by atoms with Crippen LogP contribution in [0.15, 0.2) is 36.4 Å². The Morgan fingerprint density at radius 3 is 2.50 bits per heavy atom. The molecule has 2 N–H and O–H groups in total. The average Bonchev–Trinajstić information content (AvgIpc) is 3.53. The van der Waals surface area contributed by atoms with Crippen LogP contribution in [0.3, 0.4) is 0 Å². The zero-order valence-corrected chi connectivity index (χ0v) is 20.7. The zero-order valence-electron chi connectivity index (χ0n) is 19.9. The average molecular weight is 508 g/mol. The minimum atomic E-state index is -0.477. The number of ether oxygens (including phenoxy) is 2. The first-order chi connectivity index (χ1) is 17.4. The number of hydrogen-bond donors (Lipinski definition) is 2. The van der Waals surface area contributed by atoms with Crippen LogP contribution in [0.4, 0.5) is 11.4 Å². The summed E-state index contributed by atoms with van der Waals surface area (Å²) < 4.78 is 10.6. The van der Waals surface area contributed by atoms with Crippen molar-refractivity contribution in [3.63, 3.8) is 0 Å². The maximum Gasteiger partial charge on any atom is 0.286 e. The largest absolute Gasteiger partial charge is 0.454 e. The van der Waals surface area contributed by atoms with Gasteiger partial charge in [0.2, 0.25) is 22.7 Å². The highest BCUT2D eigenvalue weighted by atomic mass is 32.1. The van der Waals surface area contributed by atoms with Gasteiger partial charge in [-0.3, -0.25) is 14.4 Å². The van der Waals surface area contributed by atoms with Gasteiger partial charge >= 0.3 is 0 Å². The molecule has 0 radical (unpaired) electrons. The number of aryl methyl sites for hydroxylation is 2. The minimum Gasteiger partial charge on any atom is -0.454 e. The monoisotopic (exact) mass is 507 g/mol. The summed E-state index contributed by atoms with van der Waals surface area (Å²) in [7, 11) is 0. The van der Waals surface area contributed by atoms with Crippen LogP contribution in [0.5, 0.6) is 11.5 Å². The number of piperidine rings is 1. The lowest BCUT2D eigenvalue weighted by Gasteiger charge is -2.31. The molecule has 3 amide bonds. The molecule has 1 saturated heterocycles. The third-order valence-electron chi connectivity index (χ3n) is 6.00. The van der Waals surface area contributed by atoms with E-state index in [-0.39, 0.29) is 41.1 Å². The molecule has 3 heterocycles. The van der Waals surface area contributed by atoms with Crippen molar-refractivity contribution in [2.45, 2.75) is 26.7 Å². The number of carbonyl (C=O) groups is 3. The number of aromatic nitrogens is 2. The number of hydrogen-bond acceptors (Lipinski definition) is 8. The number of nitrogens with zero attached hydrogens (tertiary/aromatic N) is 3. The van der Waals surface area contributed by atoms with Gasteiger partial charge in [-0.2, -0.15) is 0 Å². The summed E-state index contributed by atoms with van der Waals surface area (Å²) in [5.74, 6) is -0.0986. The predicted octanol–water partition coefficient (Wildman–Crippen LogP) is 3.63. The van der Waals surface area contributed by atoms with Gasteiger partial charge < -0.3 is 25.0 Å². The second kappa shape index (κ2) is 9.94. The van der Waals surface area contributed by atoms with Crippen molar-refractivity contribution in [2.75, 3.05) is 30.5 Å².